The Morgan fingerprint density at radius 1 is 1.41 bits per heavy atom. The fourth-order valence-corrected chi connectivity index (χ4v) is 2.24. The standard InChI is InChI=1S/C12H17N3O2/c1-12(4-2-3-5-12)8-15-10-7-13-9(6-14-10)11(16)17/h6-7H,2-5,8H2,1H3,(H,14,15)(H,16,17). The van der Waals surface area contributed by atoms with Crippen LogP contribution in [-0.2, 0) is 0 Å². The van der Waals surface area contributed by atoms with Crippen molar-refractivity contribution in [1.29, 1.82) is 0 Å². The summed E-state index contributed by atoms with van der Waals surface area (Å²) in [6.45, 7) is 3.14. The first-order valence-corrected chi connectivity index (χ1v) is 5.88. The minimum atomic E-state index is -1.05. The summed E-state index contributed by atoms with van der Waals surface area (Å²) in [7, 11) is 0. The van der Waals surface area contributed by atoms with E-state index in [-0.39, 0.29) is 5.69 Å². The second-order valence-electron chi connectivity index (χ2n) is 4.96. The van der Waals surface area contributed by atoms with Crippen LogP contribution in [0.2, 0.25) is 0 Å². The SMILES string of the molecule is CC1(CNc2cnc(C(=O)O)cn2)CCCC1. The van der Waals surface area contributed by atoms with Crippen molar-refractivity contribution in [2.45, 2.75) is 32.6 Å². The topological polar surface area (TPSA) is 75.1 Å². The molecule has 1 aliphatic carbocycles. The van der Waals surface area contributed by atoms with Gasteiger partial charge in [-0.25, -0.2) is 14.8 Å². The number of nitrogens with zero attached hydrogens (tertiary/aromatic N) is 2. The normalized spacial score (nSPS) is 17.9. The quantitative estimate of drug-likeness (QED) is 0.836. The number of hydrogen-bond donors (Lipinski definition) is 2. The number of carboxylic acid groups (broad SMARTS) is 1. The lowest BCUT2D eigenvalue weighted by molar-refractivity contribution is 0.0690. The Labute approximate surface area is 100 Å². The van der Waals surface area contributed by atoms with Gasteiger partial charge < -0.3 is 10.4 Å². The van der Waals surface area contributed by atoms with E-state index in [1.54, 1.807) is 0 Å². The van der Waals surface area contributed by atoms with E-state index in [2.05, 4.69) is 22.2 Å². The van der Waals surface area contributed by atoms with Crippen LogP contribution in [0.15, 0.2) is 12.4 Å². The summed E-state index contributed by atoms with van der Waals surface area (Å²) in [5.74, 6) is -0.407. The number of anilines is 1. The lowest BCUT2D eigenvalue weighted by Gasteiger charge is -2.23. The van der Waals surface area contributed by atoms with E-state index in [1.807, 2.05) is 0 Å². The Balaban J connectivity index is 1.93. The first kappa shape index (κ1) is 11.8. The van der Waals surface area contributed by atoms with Gasteiger partial charge in [-0.2, -0.15) is 0 Å². The fourth-order valence-electron chi connectivity index (χ4n) is 2.24. The van der Waals surface area contributed by atoms with Crippen LogP contribution in [0.25, 0.3) is 0 Å². The second kappa shape index (κ2) is 4.69. The number of aromatic nitrogens is 2. The molecule has 5 nitrogen and oxygen atoms in total. The van der Waals surface area contributed by atoms with Gasteiger partial charge in [0, 0.05) is 6.54 Å². The van der Waals surface area contributed by atoms with E-state index in [0.29, 0.717) is 11.2 Å². The van der Waals surface area contributed by atoms with Crippen molar-refractivity contribution in [1.82, 2.24) is 9.97 Å². The Morgan fingerprint density at radius 3 is 2.65 bits per heavy atom. The molecule has 92 valence electrons. The predicted molar refractivity (Wildman–Crippen MR) is 64.1 cm³/mol. The van der Waals surface area contributed by atoms with E-state index < -0.39 is 5.97 Å². The number of hydrogen-bond acceptors (Lipinski definition) is 4. The average molecular weight is 235 g/mol. The van der Waals surface area contributed by atoms with Gasteiger partial charge in [0.1, 0.15) is 5.82 Å². The monoisotopic (exact) mass is 235 g/mol. The molecule has 0 aromatic carbocycles. The molecule has 0 amide bonds. The minimum absolute atomic E-state index is 0.0253. The molecule has 17 heavy (non-hydrogen) atoms. The Hall–Kier alpha value is -1.65. The van der Waals surface area contributed by atoms with Crippen LogP contribution >= 0.6 is 0 Å². The van der Waals surface area contributed by atoms with E-state index in [9.17, 15) is 4.79 Å². The molecule has 0 bridgehead atoms. The van der Waals surface area contributed by atoms with Crippen molar-refractivity contribution in [2.24, 2.45) is 5.41 Å². The molecule has 0 aliphatic heterocycles. The first-order chi connectivity index (χ1) is 8.09. The van der Waals surface area contributed by atoms with Gasteiger partial charge in [0.05, 0.1) is 12.4 Å². The largest absolute Gasteiger partial charge is 0.476 e. The highest BCUT2D eigenvalue weighted by molar-refractivity contribution is 5.84. The molecule has 5 heteroatoms. The van der Waals surface area contributed by atoms with Gasteiger partial charge in [-0.15, -0.1) is 0 Å². The maximum Gasteiger partial charge on any atom is 0.356 e. The summed E-state index contributed by atoms with van der Waals surface area (Å²) in [6.07, 6.45) is 7.81. The summed E-state index contributed by atoms with van der Waals surface area (Å²) in [5.41, 5.74) is 0.315. The van der Waals surface area contributed by atoms with Crippen molar-refractivity contribution in [3.63, 3.8) is 0 Å². The average Bonchev–Trinajstić information content (AvgIpc) is 2.75. The smallest absolute Gasteiger partial charge is 0.356 e. The van der Waals surface area contributed by atoms with E-state index >= 15 is 0 Å². The summed E-state index contributed by atoms with van der Waals surface area (Å²) in [6, 6.07) is 0. The van der Waals surface area contributed by atoms with Gasteiger partial charge in [-0.05, 0) is 18.3 Å². The van der Waals surface area contributed by atoms with Crippen molar-refractivity contribution in [2.75, 3.05) is 11.9 Å². The Bertz CT molecular complexity index is 397. The molecular formula is C12H17N3O2. The summed E-state index contributed by atoms with van der Waals surface area (Å²) in [5, 5.41) is 11.9. The van der Waals surface area contributed by atoms with Gasteiger partial charge in [0.2, 0.25) is 0 Å². The first-order valence-electron chi connectivity index (χ1n) is 5.88. The van der Waals surface area contributed by atoms with Gasteiger partial charge in [-0.1, -0.05) is 19.8 Å². The summed E-state index contributed by atoms with van der Waals surface area (Å²) < 4.78 is 0. The molecule has 0 spiro atoms. The molecule has 0 radical (unpaired) electrons. The molecule has 0 unspecified atom stereocenters. The van der Waals surface area contributed by atoms with Crippen LogP contribution in [0, 0.1) is 5.41 Å². The molecule has 0 saturated heterocycles. The Morgan fingerprint density at radius 2 is 2.12 bits per heavy atom. The van der Waals surface area contributed by atoms with Gasteiger partial charge in [0.25, 0.3) is 0 Å². The van der Waals surface area contributed by atoms with Gasteiger partial charge >= 0.3 is 5.97 Å². The highest BCUT2D eigenvalue weighted by Crippen LogP contribution is 2.37. The highest BCUT2D eigenvalue weighted by Gasteiger charge is 2.28. The maximum atomic E-state index is 10.6. The van der Waals surface area contributed by atoms with Crippen molar-refractivity contribution >= 4 is 11.8 Å². The second-order valence-corrected chi connectivity index (χ2v) is 4.96. The lowest BCUT2D eigenvalue weighted by Crippen LogP contribution is -2.23. The zero-order valence-corrected chi connectivity index (χ0v) is 9.94. The molecule has 2 N–H and O–H groups in total. The zero-order valence-electron chi connectivity index (χ0n) is 9.94. The summed E-state index contributed by atoms with van der Waals surface area (Å²) in [4.78, 5) is 18.5. The molecule has 1 aromatic rings. The molecule has 1 aromatic heterocycles. The van der Waals surface area contributed by atoms with Gasteiger partial charge in [0.15, 0.2) is 5.69 Å². The molecule has 0 atom stereocenters. The fraction of sp³-hybridized carbons (Fsp3) is 0.583. The summed E-state index contributed by atoms with van der Waals surface area (Å²) >= 11 is 0. The van der Waals surface area contributed by atoms with Crippen LogP contribution < -0.4 is 5.32 Å². The van der Waals surface area contributed by atoms with Crippen LogP contribution in [0.4, 0.5) is 5.82 Å². The van der Waals surface area contributed by atoms with E-state index in [1.165, 1.54) is 38.1 Å². The molecular weight excluding hydrogens is 218 g/mol. The van der Waals surface area contributed by atoms with Crippen LogP contribution in [0.3, 0.4) is 0 Å². The van der Waals surface area contributed by atoms with E-state index in [4.69, 9.17) is 5.11 Å². The van der Waals surface area contributed by atoms with E-state index in [0.717, 1.165) is 6.54 Å². The number of aromatic carboxylic acids is 1. The molecule has 1 aliphatic rings. The van der Waals surface area contributed by atoms with Crippen LogP contribution in [0.5, 0.6) is 0 Å². The maximum absolute atomic E-state index is 10.6. The molecule has 2 rings (SSSR count). The minimum Gasteiger partial charge on any atom is -0.476 e. The number of nitrogens with one attached hydrogen (secondary N) is 1. The van der Waals surface area contributed by atoms with Crippen molar-refractivity contribution in [3.05, 3.63) is 18.1 Å². The predicted octanol–water partition coefficient (Wildman–Crippen LogP) is 2.17. The Kier molecular flexibility index (Phi) is 3.26. The lowest BCUT2D eigenvalue weighted by atomic mass is 9.89. The molecule has 1 fully saturated rings. The third kappa shape index (κ3) is 2.93. The van der Waals surface area contributed by atoms with Crippen molar-refractivity contribution < 1.29 is 9.90 Å². The third-order valence-corrected chi connectivity index (χ3v) is 3.38. The van der Waals surface area contributed by atoms with Crippen LogP contribution in [-0.4, -0.2) is 27.6 Å². The molecule has 1 saturated carbocycles. The zero-order chi connectivity index (χ0) is 12.3. The molecule has 1 heterocycles. The third-order valence-electron chi connectivity index (χ3n) is 3.38. The number of carbonyl (C=O) groups is 1. The number of carboxylic acids is 1. The van der Waals surface area contributed by atoms with Crippen LogP contribution in [0.1, 0.15) is 43.1 Å². The van der Waals surface area contributed by atoms with Gasteiger partial charge in [-0.3, -0.25) is 0 Å². The van der Waals surface area contributed by atoms with Crippen molar-refractivity contribution in [3.8, 4) is 0 Å². The number of rotatable bonds is 4. The highest BCUT2D eigenvalue weighted by atomic mass is 16.4.